The van der Waals surface area contributed by atoms with Crippen LogP contribution in [0.5, 0.6) is 0 Å². The molecule has 1 aromatic rings. The Bertz CT molecular complexity index is 642. The average molecular weight is 491 g/mol. The van der Waals surface area contributed by atoms with Crippen molar-refractivity contribution in [3.8, 4) is 0 Å². The minimum absolute atomic E-state index is 0. The molecule has 154 valence electrons. The van der Waals surface area contributed by atoms with Crippen LogP contribution in [0.15, 0.2) is 11.2 Å². The van der Waals surface area contributed by atoms with Gasteiger partial charge in [-0.15, -0.1) is 24.0 Å². The molecule has 1 amide bonds. The van der Waals surface area contributed by atoms with Crippen LogP contribution in [-0.2, 0) is 18.4 Å². The lowest BCUT2D eigenvalue weighted by Crippen LogP contribution is -2.46. The van der Waals surface area contributed by atoms with Crippen molar-refractivity contribution in [2.45, 2.75) is 38.3 Å². The number of anilines is 1. The van der Waals surface area contributed by atoms with Crippen LogP contribution in [0.4, 0.5) is 5.95 Å². The second kappa shape index (κ2) is 10.7. The molecule has 1 saturated carbocycles. The Morgan fingerprint density at radius 1 is 1.33 bits per heavy atom. The van der Waals surface area contributed by atoms with Crippen LogP contribution in [0, 0.1) is 5.92 Å². The van der Waals surface area contributed by atoms with E-state index in [0.29, 0.717) is 6.54 Å². The van der Waals surface area contributed by atoms with Crippen molar-refractivity contribution in [2.75, 3.05) is 40.1 Å². The lowest BCUT2D eigenvalue weighted by Gasteiger charge is -2.31. The maximum Gasteiger partial charge on any atom is 0.225 e. The van der Waals surface area contributed by atoms with Crippen LogP contribution >= 0.6 is 24.0 Å². The fraction of sp³-hybridized carbons (Fsp3) is 0.722. The number of halogens is 1. The molecule has 2 N–H and O–H groups in total. The molecule has 1 aliphatic rings. The number of amides is 1. The van der Waals surface area contributed by atoms with Gasteiger partial charge in [0.05, 0.1) is 18.4 Å². The molecule has 0 saturated heterocycles. The highest BCUT2D eigenvalue weighted by Gasteiger charge is 2.28. The average Bonchev–Trinajstić information content (AvgIpc) is 2.98. The molecule has 8 nitrogen and oxygen atoms in total. The van der Waals surface area contributed by atoms with Crippen molar-refractivity contribution < 1.29 is 4.79 Å². The van der Waals surface area contributed by atoms with Gasteiger partial charge in [0.25, 0.3) is 0 Å². The molecule has 9 heteroatoms. The van der Waals surface area contributed by atoms with Crippen molar-refractivity contribution >= 4 is 41.8 Å². The van der Waals surface area contributed by atoms with Crippen LogP contribution in [0.3, 0.4) is 0 Å². The highest BCUT2D eigenvalue weighted by Crippen LogP contribution is 2.25. The first-order chi connectivity index (χ1) is 12.3. The first kappa shape index (κ1) is 23.5. The second-order valence-electron chi connectivity index (χ2n) is 7.37. The lowest BCUT2D eigenvalue weighted by atomic mass is 9.85. The van der Waals surface area contributed by atoms with Gasteiger partial charge in [0.1, 0.15) is 0 Å². The van der Waals surface area contributed by atoms with Gasteiger partial charge in [-0.1, -0.05) is 6.42 Å². The minimum Gasteiger partial charge on any atom is -0.354 e. The Labute approximate surface area is 179 Å². The highest BCUT2D eigenvalue weighted by molar-refractivity contribution is 14.0. The third-order valence-electron chi connectivity index (χ3n) is 4.93. The van der Waals surface area contributed by atoms with Gasteiger partial charge in [-0.25, -0.2) is 4.98 Å². The lowest BCUT2D eigenvalue weighted by molar-refractivity contribution is -0.134. The van der Waals surface area contributed by atoms with Gasteiger partial charge in [-0.05, 0) is 19.3 Å². The Morgan fingerprint density at radius 3 is 2.59 bits per heavy atom. The Morgan fingerprint density at radius 2 is 2.04 bits per heavy atom. The van der Waals surface area contributed by atoms with Crippen LogP contribution in [0.2, 0.25) is 0 Å². The molecule has 0 radical (unpaired) electrons. The summed E-state index contributed by atoms with van der Waals surface area (Å²) in [7, 11) is 11.4. The second-order valence-corrected chi connectivity index (χ2v) is 7.37. The van der Waals surface area contributed by atoms with Crippen LogP contribution in [-0.4, -0.2) is 67.6 Å². The number of imidazole rings is 1. The normalized spacial score (nSPS) is 19.9. The zero-order chi connectivity index (χ0) is 19.3. The predicted molar refractivity (Wildman–Crippen MR) is 121 cm³/mol. The minimum atomic E-state index is 0. The quantitative estimate of drug-likeness (QED) is 0.370. The van der Waals surface area contributed by atoms with E-state index in [9.17, 15) is 4.79 Å². The molecule has 2 atom stereocenters. The van der Waals surface area contributed by atoms with Crippen LogP contribution < -0.4 is 15.5 Å². The Kier molecular flexibility index (Phi) is 9.34. The maximum atomic E-state index is 12.2. The summed E-state index contributed by atoms with van der Waals surface area (Å²) in [6.07, 6.45) is 5.83. The molecular formula is C18H34IN7O. The van der Waals surface area contributed by atoms with Crippen molar-refractivity contribution in [3.05, 3.63) is 11.9 Å². The van der Waals surface area contributed by atoms with E-state index in [1.165, 1.54) is 0 Å². The number of hydrogen-bond donors (Lipinski definition) is 2. The number of aliphatic imine (C=N–C) groups is 1. The Hall–Kier alpha value is -1.52. The summed E-state index contributed by atoms with van der Waals surface area (Å²) in [5.41, 5.74) is 1.08. The van der Waals surface area contributed by atoms with Gasteiger partial charge >= 0.3 is 0 Å². The zero-order valence-corrected chi connectivity index (χ0v) is 19.7. The summed E-state index contributed by atoms with van der Waals surface area (Å²) in [6, 6.07) is 0.271. The molecule has 1 aliphatic carbocycles. The number of carbonyl (C=O) groups is 1. The van der Waals surface area contributed by atoms with Crippen molar-refractivity contribution in [1.29, 1.82) is 0 Å². The summed E-state index contributed by atoms with van der Waals surface area (Å²) >= 11 is 0. The van der Waals surface area contributed by atoms with E-state index in [-0.39, 0.29) is 41.8 Å². The number of aromatic nitrogens is 2. The molecule has 1 aromatic heterocycles. The summed E-state index contributed by atoms with van der Waals surface area (Å²) in [6.45, 7) is 0.643. The molecule has 1 heterocycles. The molecule has 0 aromatic carbocycles. The summed E-state index contributed by atoms with van der Waals surface area (Å²) in [4.78, 5) is 24.7. The number of guanidine groups is 1. The van der Waals surface area contributed by atoms with E-state index in [4.69, 9.17) is 0 Å². The van der Waals surface area contributed by atoms with Crippen molar-refractivity contribution in [3.63, 3.8) is 0 Å². The summed E-state index contributed by atoms with van der Waals surface area (Å²) in [5, 5.41) is 6.83. The smallest absolute Gasteiger partial charge is 0.225 e. The van der Waals surface area contributed by atoms with E-state index in [0.717, 1.165) is 43.3 Å². The highest BCUT2D eigenvalue weighted by atomic mass is 127. The molecule has 27 heavy (non-hydrogen) atoms. The van der Waals surface area contributed by atoms with E-state index < -0.39 is 0 Å². The fourth-order valence-electron chi connectivity index (χ4n) is 3.49. The van der Waals surface area contributed by atoms with Gasteiger partial charge in [0, 0.05) is 54.2 Å². The summed E-state index contributed by atoms with van der Waals surface area (Å²) in [5.74, 6) is 2.02. The maximum absolute atomic E-state index is 12.2. The number of nitrogens with one attached hydrogen (secondary N) is 2. The largest absolute Gasteiger partial charge is 0.354 e. The van der Waals surface area contributed by atoms with Gasteiger partial charge < -0.3 is 25.0 Å². The third kappa shape index (κ3) is 6.25. The zero-order valence-electron chi connectivity index (χ0n) is 17.3. The van der Waals surface area contributed by atoms with E-state index in [2.05, 4.69) is 25.2 Å². The molecule has 0 bridgehead atoms. The number of carbonyl (C=O) groups excluding carboxylic acids is 1. The fourth-order valence-corrected chi connectivity index (χ4v) is 3.49. The molecule has 0 aliphatic heterocycles. The van der Waals surface area contributed by atoms with Crippen molar-refractivity contribution in [1.82, 2.24) is 25.1 Å². The number of rotatable bonds is 5. The molecule has 2 unspecified atom stereocenters. The van der Waals surface area contributed by atoms with Crippen molar-refractivity contribution in [2.24, 2.45) is 18.0 Å². The van der Waals surface area contributed by atoms with Gasteiger partial charge in [-0.2, -0.15) is 0 Å². The monoisotopic (exact) mass is 491 g/mol. The van der Waals surface area contributed by atoms with Gasteiger partial charge in [0.15, 0.2) is 5.96 Å². The Balaban J connectivity index is 0.00000364. The molecule has 2 rings (SSSR count). The van der Waals surface area contributed by atoms with E-state index >= 15 is 0 Å². The standard InChI is InChI=1S/C18H33N7O.HI/c1-19-17(20-11-15-12-21-18(24(4)5)25(15)6)22-14-9-7-8-13(10-14)16(26)23(2)3;/h12-14H,7-11H2,1-6H3,(H2,19,20,22);1H. The van der Waals surface area contributed by atoms with E-state index in [1.807, 2.05) is 46.3 Å². The molecule has 0 spiro atoms. The molecule has 1 fully saturated rings. The predicted octanol–water partition coefficient (Wildman–Crippen LogP) is 1.42. The first-order valence-electron chi connectivity index (χ1n) is 9.19. The third-order valence-corrected chi connectivity index (χ3v) is 4.93. The molecular weight excluding hydrogens is 457 g/mol. The van der Waals surface area contributed by atoms with E-state index in [1.54, 1.807) is 11.9 Å². The van der Waals surface area contributed by atoms with Gasteiger partial charge in [0.2, 0.25) is 11.9 Å². The first-order valence-corrected chi connectivity index (χ1v) is 9.19. The number of nitrogens with zero attached hydrogens (tertiary/aromatic N) is 5. The van der Waals surface area contributed by atoms with Gasteiger partial charge in [-0.3, -0.25) is 9.79 Å². The van der Waals surface area contributed by atoms with Crippen LogP contribution in [0.25, 0.3) is 0 Å². The summed E-state index contributed by atoms with van der Waals surface area (Å²) < 4.78 is 2.06. The number of hydrogen-bond acceptors (Lipinski definition) is 4. The van der Waals surface area contributed by atoms with Crippen LogP contribution in [0.1, 0.15) is 31.4 Å². The topological polar surface area (TPSA) is 77.8 Å². The SMILES string of the molecule is CN=C(NCc1cnc(N(C)C)n1C)NC1CCCC(C(=O)N(C)C)C1.I.